The Balaban J connectivity index is 4.39. The number of ether oxygens (including phenoxy) is 3. The first-order chi connectivity index (χ1) is 39.5. The molecule has 0 bridgehead atoms. The molecular formula is C74H132O6. The molecule has 0 aliphatic rings. The zero-order valence-corrected chi connectivity index (χ0v) is 53.3. The van der Waals surface area contributed by atoms with Crippen LogP contribution in [0.5, 0.6) is 0 Å². The van der Waals surface area contributed by atoms with Gasteiger partial charge >= 0.3 is 17.9 Å². The van der Waals surface area contributed by atoms with Crippen molar-refractivity contribution in [1.29, 1.82) is 0 Å². The highest BCUT2D eigenvalue weighted by Crippen LogP contribution is 2.17. The van der Waals surface area contributed by atoms with Gasteiger partial charge in [-0.25, -0.2) is 0 Å². The summed E-state index contributed by atoms with van der Waals surface area (Å²) >= 11 is 0. The van der Waals surface area contributed by atoms with Crippen molar-refractivity contribution in [3.8, 4) is 0 Å². The van der Waals surface area contributed by atoms with E-state index in [9.17, 15) is 14.4 Å². The Morgan fingerprint density at radius 3 is 0.713 bits per heavy atom. The molecule has 0 amide bonds. The largest absolute Gasteiger partial charge is 0.462 e. The zero-order valence-electron chi connectivity index (χ0n) is 53.3. The van der Waals surface area contributed by atoms with Gasteiger partial charge in [-0.15, -0.1) is 0 Å². The number of allylic oxidation sites excluding steroid dienone is 12. The monoisotopic (exact) mass is 1120 g/mol. The lowest BCUT2D eigenvalue weighted by atomic mass is 10.0. The average Bonchev–Trinajstić information content (AvgIpc) is 3.46. The van der Waals surface area contributed by atoms with Gasteiger partial charge in [-0.1, -0.05) is 299 Å². The van der Waals surface area contributed by atoms with Crippen molar-refractivity contribution in [2.75, 3.05) is 13.2 Å². The van der Waals surface area contributed by atoms with Gasteiger partial charge in [0, 0.05) is 19.3 Å². The zero-order chi connectivity index (χ0) is 57.8. The number of esters is 3. The molecule has 0 N–H and O–H groups in total. The molecule has 80 heavy (non-hydrogen) atoms. The molecule has 6 nitrogen and oxygen atoms in total. The van der Waals surface area contributed by atoms with Crippen LogP contribution < -0.4 is 0 Å². The van der Waals surface area contributed by atoms with Crippen LogP contribution in [0.4, 0.5) is 0 Å². The lowest BCUT2D eigenvalue weighted by molar-refractivity contribution is -0.167. The maximum atomic E-state index is 13.0. The van der Waals surface area contributed by atoms with Crippen LogP contribution >= 0.6 is 0 Å². The van der Waals surface area contributed by atoms with Crippen molar-refractivity contribution in [3.63, 3.8) is 0 Å². The molecule has 0 radical (unpaired) electrons. The van der Waals surface area contributed by atoms with Gasteiger partial charge in [0.1, 0.15) is 13.2 Å². The molecule has 6 heteroatoms. The minimum absolute atomic E-state index is 0.0815. The Kier molecular flexibility index (Phi) is 65.7. The number of unbranched alkanes of at least 4 members (excludes halogenated alkanes) is 41. The van der Waals surface area contributed by atoms with E-state index in [4.69, 9.17) is 14.2 Å². The summed E-state index contributed by atoms with van der Waals surface area (Å²) in [5, 5.41) is 0. The third kappa shape index (κ3) is 65.7. The average molecular weight is 1120 g/mol. The van der Waals surface area contributed by atoms with Crippen molar-refractivity contribution in [2.24, 2.45) is 0 Å². The quantitative estimate of drug-likeness (QED) is 0.0261. The number of carbonyl (C=O) groups is 3. The van der Waals surface area contributed by atoms with E-state index in [1.165, 1.54) is 231 Å². The summed E-state index contributed by atoms with van der Waals surface area (Å²) in [7, 11) is 0. The van der Waals surface area contributed by atoms with E-state index < -0.39 is 6.10 Å². The Morgan fingerprint density at radius 1 is 0.250 bits per heavy atom. The van der Waals surface area contributed by atoms with Gasteiger partial charge in [-0.3, -0.25) is 14.4 Å². The Labute approximate surface area is 497 Å². The van der Waals surface area contributed by atoms with Crippen LogP contribution in [-0.4, -0.2) is 37.2 Å². The molecule has 1 atom stereocenters. The van der Waals surface area contributed by atoms with Gasteiger partial charge in [-0.05, 0) is 116 Å². The summed E-state index contributed by atoms with van der Waals surface area (Å²) in [6.07, 6.45) is 89.1. The van der Waals surface area contributed by atoms with E-state index in [1.54, 1.807) is 0 Å². The molecule has 0 spiro atoms. The summed E-state index contributed by atoms with van der Waals surface area (Å²) < 4.78 is 17.0. The van der Waals surface area contributed by atoms with Crippen molar-refractivity contribution < 1.29 is 28.6 Å². The van der Waals surface area contributed by atoms with E-state index >= 15 is 0 Å². The van der Waals surface area contributed by atoms with E-state index in [0.717, 1.165) is 89.9 Å². The fourth-order valence-electron chi connectivity index (χ4n) is 10.1. The van der Waals surface area contributed by atoms with Gasteiger partial charge in [0.2, 0.25) is 0 Å². The van der Waals surface area contributed by atoms with Crippen LogP contribution in [0, 0.1) is 0 Å². The summed E-state index contributed by atoms with van der Waals surface area (Å²) in [6.45, 7) is 6.65. The summed E-state index contributed by atoms with van der Waals surface area (Å²) in [5.41, 5.74) is 0. The van der Waals surface area contributed by atoms with Crippen LogP contribution in [-0.2, 0) is 28.6 Å². The molecular weight excluding hydrogens is 985 g/mol. The van der Waals surface area contributed by atoms with Crippen molar-refractivity contribution in [2.45, 2.75) is 367 Å². The smallest absolute Gasteiger partial charge is 0.306 e. The van der Waals surface area contributed by atoms with Crippen molar-refractivity contribution in [1.82, 2.24) is 0 Å². The lowest BCUT2D eigenvalue weighted by Crippen LogP contribution is -2.30. The van der Waals surface area contributed by atoms with Crippen LogP contribution in [0.1, 0.15) is 361 Å². The normalized spacial score (nSPS) is 12.5. The lowest BCUT2D eigenvalue weighted by Gasteiger charge is -2.18. The Morgan fingerprint density at radius 2 is 0.450 bits per heavy atom. The number of hydrogen-bond acceptors (Lipinski definition) is 6. The topological polar surface area (TPSA) is 78.9 Å². The number of hydrogen-bond donors (Lipinski definition) is 0. The fourth-order valence-corrected chi connectivity index (χ4v) is 10.1. The molecule has 0 fully saturated rings. The molecule has 0 aliphatic heterocycles. The molecule has 0 aromatic carbocycles. The molecule has 0 aromatic rings. The van der Waals surface area contributed by atoms with E-state index in [0.29, 0.717) is 19.3 Å². The van der Waals surface area contributed by atoms with Gasteiger partial charge in [0.05, 0.1) is 0 Å². The van der Waals surface area contributed by atoms with Gasteiger partial charge in [0.25, 0.3) is 0 Å². The van der Waals surface area contributed by atoms with Crippen molar-refractivity contribution >= 4 is 17.9 Å². The molecule has 0 saturated carbocycles. The first-order valence-corrected chi connectivity index (χ1v) is 34.9. The Hall–Kier alpha value is -3.15. The highest BCUT2D eigenvalue weighted by molar-refractivity contribution is 5.71. The predicted octanol–water partition coefficient (Wildman–Crippen LogP) is 24.1. The van der Waals surface area contributed by atoms with Gasteiger partial charge < -0.3 is 14.2 Å². The highest BCUT2D eigenvalue weighted by Gasteiger charge is 2.19. The summed E-state index contributed by atoms with van der Waals surface area (Å²) in [5.74, 6) is -0.881. The maximum absolute atomic E-state index is 13.0. The summed E-state index contributed by atoms with van der Waals surface area (Å²) in [4.78, 5) is 38.5. The second-order valence-electron chi connectivity index (χ2n) is 23.4. The van der Waals surface area contributed by atoms with Gasteiger partial charge in [0.15, 0.2) is 6.10 Å². The van der Waals surface area contributed by atoms with Gasteiger partial charge in [-0.2, -0.15) is 0 Å². The third-order valence-electron chi connectivity index (χ3n) is 15.4. The second-order valence-corrected chi connectivity index (χ2v) is 23.4. The molecule has 464 valence electrons. The molecule has 0 heterocycles. The molecule has 0 aromatic heterocycles. The highest BCUT2D eigenvalue weighted by atomic mass is 16.6. The molecule has 0 rings (SSSR count). The Bertz CT molecular complexity index is 1470. The van der Waals surface area contributed by atoms with E-state index in [1.807, 2.05) is 0 Å². The van der Waals surface area contributed by atoms with Crippen LogP contribution in [0.2, 0.25) is 0 Å². The van der Waals surface area contributed by atoms with Crippen LogP contribution in [0.3, 0.4) is 0 Å². The predicted molar refractivity (Wildman–Crippen MR) is 348 cm³/mol. The number of carbonyl (C=O) groups excluding carboxylic acids is 3. The van der Waals surface area contributed by atoms with Crippen molar-refractivity contribution in [3.05, 3.63) is 72.9 Å². The van der Waals surface area contributed by atoms with Crippen LogP contribution in [0.15, 0.2) is 72.9 Å². The third-order valence-corrected chi connectivity index (χ3v) is 15.4. The van der Waals surface area contributed by atoms with E-state index in [-0.39, 0.29) is 31.1 Å². The first kappa shape index (κ1) is 76.9. The fraction of sp³-hybridized carbons (Fsp3) is 0.797. The minimum atomic E-state index is -0.787. The molecule has 0 aliphatic carbocycles. The van der Waals surface area contributed by atoms with Crippen LogP contribution in [0.25, 0.3) is 0 Å². The first-order valence-electron chi connectivity index (χ1n) is 34.9. The molecule has 0 saturated heterocycles. The number of rotatable bonds is 64. The van der Waals surface area contributed by atoms with E-state index in [2.05, 4.69) is 93.7 Å². The maximum Gasteiger partial charge on any atom is 0.306 e. The minimum Gasteiger partial charge on any atom is -0.462 e. The SMILES string of the molecule is CCCCCCC/C=C\C/C=C\C/C=C\CCCCCCCCC(=O)OC(COC(=O)CCCCCCCCC/C=C\CCCCCCCCC)COC(=O)CCCCCCCCCCCCC/C=C\C/C=C\CCCCCCC. The standard InChI is InChI=1S/C74H132O6/c1-4-7-10-13-16-19-22-25-28-31-34-36-37-39-40-43-46-49-52-55-58-61-64-67-73(76)79-70-71(69-78-72(75)66-63-60-57-54-51-48-45-42-33-30-27-24-21-18-15-12-9-6-3)80-74(77)68-65-62-59-56-53-50-47-44-41-38-35-32-29-26-23-20-17-14-11-8-5-2/h22-23,25-26,30-35,41,44,71H,4-21,24,27-29,36-40,42-43,45-70H2,1-3H3/b25-22-,26-23-,33-30-,34-31-,35-32-,44-41-. The second kappa shape index (κ2) is 68.3. The summed E-state index contributed by atoms with van der Waals surface area (Å²) in [6, 6.07) is 0. The molecule has 1 unspecified atom stereocenters.